The summed E-state index contributed by atoms with van der Waals surface area (Å²) in [4.78, 5) is 27.4. The van der Waals surface area contributed by atoms with Crippen LogP contribution in [-0.4, -0.2) is 49.1 Å². The first kappa shape index (κ1) is 23.5. The van der Waals surface area contributed by atoms with Crippen molar-refractivity contribution < 1.29 is 23.1 Å². The standard InChI is InChI=1S/C21H22Cl2N2O5S/c1-13(24-31(2,29)30)19(26)25-12-11-18(14-3-7-16(22)8-4-14)21(25,20(27)28)15-5-9-17(23)10-6-15/h3-10,13,18,24H,11-12H2,1-2H3,(H,27,28)/t13-,18?,21-/m0/s1. The van der Waals surface area contributed by atoms with Crippen molar-refractivity contribution in [3.8, 4) is 0 Å². The van der Waals surface area contributed by atoms with E-state index in [0.717, 1.165) is 6.26 Å². The second kappa shape index (κ2) is 8.78. The molecule has 2 N–H and O–H groups in total. The third-order valence-corrected chi connectivity index (χ3v) is 6.77. The average molecular weight is 485 g/mol. The molecule has 1 heterocycles. The van der Waals surface area contributed by atoms with Crippen LogP contribution < -0.4 is 4.72 Å². The number of carbonyl (C=O) groups is 2. The lowest BCUT2D eigenvalue weighted by Crippen LogP contribution is -2.57. The largest absolute Gasteiger partial charge is 0.479 e. The Kier molecular flexibility index (Phi) is 6.67. The summed E-state index contributed by atoms with van der Waals surface area (Å²) in [5.74, 6) is -2.43. The first-order chi connectivity index (χ1) is 14.5. The Morgan fingerprint density at radius 1 is 1.10 bits per heavy atom. The molecular weight excluding hydrogens is 463 g/mol. The number of hydrogen-bond donors (Lipinski definition) is 2. The molecule has 1 saturated heterocycles. The number of aliphatic carboxylic acids is 1. The summed E-state index contributed by atoms with van der Waals surface area (Å²) in [5, 5.41) is 11.4. The number of amides is 1. The molecule has 7 nitrogen and oxygen atoms in total. The maximum Gasteiger partial charge on any atom is 0.335 e. The van der Waals surface area contributed by atoms with E-state index < -0.39 is 39.4 Å². The molecule has 0 spiro atoms. The van der Waals surface area contributed by atoms with Gasteiger partial charge in [0.05, 0.1) is 12.3 Å². The van der Waals surface area contributed by atoms with Crippen LogP contribution >= 0.6 is 23.2 Å². The lowest BCUT2D eigenvalue weighted by Gasteiger charge is -2.40. The first-order valence-electron chi connectivity index (χ1n) is 9.50. The van der Waals surface area contributed by atoms with Crippen LogP contribution in [0.1, 0.15) is 30.4 Å². The van der Waals surface area contributed by atoms with Crippen LogP contribution in [0, 0.1) is 0 Å². The van der Waals surface area contributed by atoms with Gasteiger partial charge in [-0.2, -0.15) is 0 Å². The van der Waals surface area contributed by atoms with Crippen molar-refractivity contribution in [3.05, 3.63) is 69.7 Å². The third kappa shape index (κ3) is 4.57. The second-order valence-electron chi connectivity index (χ2n) is 7.57. The molecule has 0 aliphatic carbocycles. The zero-order chi connectivity index (χ0) is 23.0. The molecule has 0 radical (unpaired) electrons. The number of benzene rings is 2. The zero-order valence-electron chi connectivity index (χ0n) is 16.9. The fraction of sp³-hybridized carbons (Fsp3) is 0.333. The molecule has 2 aromatic rings. The average Bonchev–Trinajstić information content (AvgIpc) is 3.08. The monoisotopic (exact) mass is 484 g/mol. The van der Waals surface area contributed by atoms with E-state index in [-0.39, 0.29) is 6.54 Å². The quantitative estimate of drug-likeness (QED) is 0.654. The fourth-order valence-corrected chi connectivity index (χ4v) is 5.27. The van der Waals surface area contributed by atoms with Crippen LogP contribution in [-0.2, 0) is 25.2 Å². The Labute approximate surface area is 191 Å². The molecule has 0 aromatic heterocycles. The molecule has 2 aromatic carbocycles. The zero-order valence-corrected chi connectivity index (χ0v) is 19.2. The minimum atomic E-state index is -3.67. The van der Waals surface area contributed by atoms with Crippen LogP contribution in [0.4, 0.5) is 0 Å². The number of nitrogens with one attached hydrogen (secondary N) is 1. The number of carbonyl (C=O) groups excluding carboxylic acids is 1. The number of halogens is 2. The topological polar surface area (TPSA) is 104 Å². The summed E-state index contributed by atoms with van der Waals surface area (Å²) in [6.07, 6.45) is 1.31. The fourth-order valence-electron chi connectivity index (χ4n) is 4.27. The van der Waals surface area contributed by atoms with Crippen LogP contribution in [0.3, 0.4) is 0 Å². The number of nitrogens with zero attached hydrogens (tertiary/aromatic N) is 1. The highest BCUT2D eigenvalue weighted by Crippen LogP contribution is 2.50. The predicted octanol–water partition coefficient (Wildman–Crippen LogP) is 3.23. The van der Waals surface area contributed by atoms with Crippen molar-refractivity contribution in [2.24, 2.45) is 0 Å². The summed E-state index contributed by atoms with van der Waals surface area (Å²) >= 11 is 12.0. The van der Waals surface area contributed by atoms with Crippen molar-refractivity contribution >= 4 is 45.1 Å². The summed E-state index contributed by atoms with van der Waals surface area (Å²) in [6, 6.07) is 12.0. The van der Waals surface area contributed by atoms with Crippen molar-refractivity contribution in [1.82, 2.24) is 9.62 Å². The molecule has 3 atom stereocenters. The Hall–Kier alpha value is -2.13. The van der Waals surface area contributed by atoms with Crippen molar-refractivity contribution in [3.63, 3.8) is 0 Å². The van der Waals surface area contributed by atoms with E-state index in [0.29, 0.717) is 27.6 Å². The van der Waals surface area contributed by atoms with Gasteiger partial charge in [0.25, 0.3) is 0 Å². The van der Waals surface area contributed by atoms with Gasteiger partial charge in [0.1, 0.15) is 0 Å². The SMILES string of the molecule is C[C@H](NS(C)(=O)=O)C(=O)N1CCC(c2ccc(Cl)cc2)[C@]1(C(=O)O)c1ccc(Cl)cc1. The van der Waals surface area contributed by atoms with Gasteiger partial charge in [0, 0.05) is 22.5 Å². The molecule has 1 aliphatic heterocycles. The Morgan fingerprint density at radius 3 is 2.10 bits per heavy atom. The predicted molar refractivity (Wildman–Crippen MR) is 119 cm³/mol. The maximum absolute atomic E-state index is 13.3. The Balaban J connectivity index is 2.18. The number of carboxylic acids is 1. The molecule has 1 amide bonds. The molecule has 0 saturated carbocycles. The van der Waals surface area contributed by atoms with Crippen LogP contribution in [0.25, 0.3) is 0 Å². The number of hydrogen-bond acceptors (Lipinski definition) is 4. The highest BCUT2D eigenvalue weighted by atomic mass is 35.5. The smallest absolute Gasteiger partial charge is 0.335 e. The van der Waals surface area contributed by atoms with Gasteiger partial charge in [-0.15, -0.1) is 0 Å². The Morgan fingerprint density at radius 2 is 1.61 bits per heavy atom. The van der Waals surface area contributed by atoms with Crippen molar-refractivity contribution in [2.75, 3.05) is 12.8 Å². The molecule has 1 unspecified atom stereocenters. The molecule has 3 rings (SSSR count). The lowest BCUT2D eigenvalue weighted by atomic mass is 9.75. The molecular formula is C21H22Cl2N2O5S. The minimum absolute atomic E-state index is 0.136. The van der Waals surface area contributed by atoms with Crippen LogP contribution in [0.15, 0.2) is 48.5 Å². The van der Waals surface area contributed by atoms with Crippen molar-refractivity contribution in [2.45, 2.75) is 30.8 Å². The van der Waals surface area contributed by atoms with Gasteiger partial charge in [-0.05, 0) is 48.7 Å². The summed E-state index contributed by atoms with van der Waals surface area (Å²) in [5.41, 5.74) is -0.661. The summed E-state index contributed by atoms with van der Waals surface area (Å²) in [6.45, 7) is 1.53. The summed E-state index contributed by atoms with van der Waals surface area (Å²) < 4.78 is 25.6. The van der Waals surface area contributed by atoms with Gasteiger partial charge < -0.3 is 10.0 Å². The van der Waals surface area contributed by atoms with E-state index in [1.165, 1.54) is 11.8 Å². The molecule has 10 heteroatoms. The van der Waals surface area contributed by atoms with Gasteiger partial charge in [0.2, 0.25) is 15.9 Å². The number of likely N-dealkylation sites (tertiary alicyclic amines) is 1. The summed E-state index contributed by atoms with van der Waals surface area (Å²) in [7, 11) is -3.67. The number of carboxylic acid groups (broad SMARTS) is 1. The van der Waals surface area contributed by atoms with Gasteiger partial charge in [-0.25, -0.2) is 17.9 Å². The van der Waals surface area contributed by atoms with E-state index in [2.05, 4.69) is 4.72 Å². The molecule has 31 heavy (non-hydrogen) atoms. The van der Waals surface area contributed by atoms with Gasteiger partial charge in [0.15, 0.2) is 5.54 Å². The lowest BCUT2D eigenvalue weighted by molar-refractivity contribution is -0.159. The van der Waals surface area contributed by atoms with Crippen LogP contribution in [0.2, 0.25) is 10.0 Å². The number of rotatable bonds is 6. The molecule has 0 bridgehead atoms. The minimum Gasteiger partial charge on any atom is -0.479 e. The number of sulfonamides is 1. The van der Waals surface area contributed by atoms with Crippen molar-refractivity contribution in [1.29, 1.82) is 0 Å². The highest BCUT2D eigenvalue weighted by molar-refractivity contribution is 7.88. The highest BCUT2D eigenvalue weighted by Gasteiger charge is 2.58. The maximum atomic E-state index is 13.3. The van der Waals surface area contributed by atoms with E-state index in [4.69, 9.17) is 23.2 Å². The normalized spacial score (nSPS) is 22.3. The third-order valence-electron chi connectivity index (χ3n) is 5.48. The van der Waals surface area contributed by atoms with Gasteiger partial charge >= 0.3 is 5.97 Å². The van der Waals surface area contributed by atoms with E-state index >= 15 is 0 Å². The van der Waals surface area contributed by atoms with Gasteiger partial charge in [-0.3, -0.25) is 4.79 Å². The first-order valence-corrected chi connectivity index (χ1v) is 12.1. The van der Waals surface area contributed by atoms with E-state index in [9.17, 15) is 23.1 Å². The molecule has 1 aliphatic rings. The second-order valence-corrected chi connectivity index (χ2v) is 10.2. The van der Waals surface area contributed by atoms with E-state index in [1.807, 2.05) is 0 Å². The molecule has 1 fully saturated rings. The Bertz CT molecular complexity index is 1090. The van der Waals surface area contributed by atoms with Crippen LogP contribution in [0.5, 0.6) is 0 Å². The molecule has 166 valence electrons. The van der Waals surface area contributed by atoms with E-state index in [1.54, 1.807) is 48.5 Å². The van der Waals surface area contributed by atoms with Gasteiger partial charge in [-0.1, -0.05) is 47.5 Å².